The van der Waals surface area contributed by atoms with E-state index < -0.39 is 11.1 Å². The Morgan fingerprint density at radius 3 is 2.78 bits per heavy atom. The summed E-state index contributed by atoms with van der Waals surface area (Å²) in [5.41, 5.74) is 1.36. The number of rotatable bonds is 5. The number of aromatic nitrogens is 1. The third-order valence-corrected chi connectivity index (χ3v) is 4.36. The van der Waals surface area contributed by atoms with E-state index in [2.05, 4.69) is 15.6 Å². The maximum Gasteiger partial charge on any atom is 0.427 e. The van der Waals surface area contributed by atoms with Crippen LogP contribution in [0.3, 0.4) is 0 Å². The molecule has 124 valence electrons. The molecular weight excluding hydrogens is 351 g/mol. The molecule has 0 radical (unpaired) electrons. The number of nitrogens with one attached hydrogen (secondary N) is 2. The van der Waals surface area contributed by atoms with Crippen LogP contribution >= 0.6 is 22.9 Å². The van der Waals surface area contributed by atoms with Crippen LogP contribution < -0.4 is 10.6 Å². The highest BCUT2D eigenvalue weighted by Gasteiger charge is 2.33. The van der Waals surface area contributed by atoms with Gasteiger partial charge in [0.15, 0.2) is 5.13 Å². The van der Waals surface area contributed by atoms with Crippen LogP contribution in [0, 0.1) is 6.92 Å². The molecule has 0 aliphatic rings. The summed E-state index contributed by atoms with van der Waals surface area (Å²) in [5.74, 6) is -0.268. The Balaban J connectivity index is 1.83. The molecule has 1 aromatic carbocycles. The van der Waals surface area contributed by atoms with Crippen molar-refractivity contribution in [3.63, 3.8) is 0 Å². The maximum absolute atomic E-state index is 12.4. The van der Waals surface area contributed by atoms with Crippen molar-refractivity contribution >= 4 is 39.7 Å². The van der Waals surface area contributed by atoms with E-state index in [-0.39, 0.29) is 24.0 Å². The maximum atomic E-state index is 12.4. The lowest BCUT2D eigenvalue weighted by Crippen LogP contribution is -2.16. The third-order valence-electron chi connectivity index (χ3n) is 2.96. The summed E-state index contributed by atoms with van der Waals surface area (Å²) in [6.45, 7) is 1.96. The highest BCUT2D eigenvalue weighted by Crippen LogP contribution is 2.34. The summed E-state index contributed by atoms with van der Waals surface area (Å²) in [5, 5.41) is 6.08. The zero-order valence-electron chi connectivity index (χ0n) is 12.0. The highest BCUT2D eigenvalue weighted by molar-refractivity contribution is 7.15. The Morgan fingerprint density at radius 2 is 2.13 bits per heavy atom. The first-order valence-electron chi connectivity index (χ1n) is 6.59. The molecule has 2 rings (SSSR count). The molecule has 0 saturated carbocycles. The second-order valence-corrected chi connectivity index (χ2v) is 6.10. The van der Waals surface area contributed by atoms with Crippen LogP contribution in [-0.2, 0) is 11.0 Å². The van der Waals surface area contributed by atoms with Crippen LogP contribution in [0.4, 0.5) is 24.0 Å². The van der Waals surface area contributed by atoms with Gasteiger partial charge in [-0.15, -0.1) is 0 Å². The zero-order valence-corrected chi connectivity index (χ0v) is 13.6. The largest absolute Gasteiger partial charge is 0.427 e. The lowest BCUT2D eigenvalue weighted by Gasteiger charge is -2.09. The number of thiazole rings is 1. The fourth-order valence-corrected chi connectivity index (χ4v) is 2.61. The number of nitrogens with zero attached hydrogens (tertiary/aromatic N) is 1. The molecule has 2 N–H and O–H groups in total. The first-order valence-corrected chi connectivity index (χ1v) is 7.78. The summed E-state index contributed by atoms with van der Waals surface area (Å²) < 4.78 is 37.3. The summed E-state index contributed by atoms with van der Waals surface area (Å²) in [7, 11) is 0. The molecule has 1 heterocycles. The van der Waals surface area contributed by atoms with Crippen LogP contribution in [0.2, 0.25) is 5.02 Å². The molecule has 0 unspecified atom stereocenters. The number of benzene rings is 1. The molecule has 23 heavy (non-hydrogen) atoms. The van der Waals surface area contributed by atoms with Gasteiger partial charge in [-0.2, -0.15) is 13.2 Å². The second-order valence-electron chi connectivity index (χ2n) is 4.66. The normalized spacial score (nSPS) is 11.3. The van der Waals surface area contributed by atoms with Gasteiger partial charge in [0.1, 0.15) is 4.88 Å². The summed E-state index contributed by atoms with van der Waals surface area (Å²) in [4.78, 5) is 14.7. The third kappa shape index (κ3) is 4.84. The van der Waals surface area contributed by atoms with Crippen molar-refractivity contribution in [1.82, 2.24) is 4.98 Å². The van der Waals surface area contributed by atoms with Gasteiger partial charge in [0.2, 0.25) is 5.91 Å². The Labute approximate surface area is 139 Å². The van der Waals surface area contributed by atoms with Gasteiger partial charge in [-0.3, -0.25) is 4.79 Å². The summed E-state index contributed by atoms with van der Waals surface area (Å²) >= 11 is 6.46. The lowest BCUT2D eigenvalue weighted by atomic mass is 10.2. The van der Waals surface area contributed by atoms with Gasteiger partial charge in [-0.05, 0) is 24.6 Å². The molecule has 2 aromatic rings. The average molecular weight is 364 g/mol. The molecule has 1 aromatic heterocycles. The zero-order chi connectivity index (χ0) is 17.0. The van der Waals surface area contributed by atoms with Crippen molar-refractivity contribution in [3.8, 4) is 0 Å². The van der Waals surface area contributed by atoms with Crippen LogP contribution in [0.1, 0.15) is 16.9 Å². The van der Waals surface area contributed by atoms with E-state index in [1.165, 1.54) is 0 Å². The van der Waals surface area contributed by atoms with E-state index in [0.29, 0.717) is 22.0 Å². The minimum absolute atomic E-state index is 0.0902. The highest BCUT2D eigenvalue weighted by atomic mass is 35.5. The molecule has 4 nitrogen and oxygen atoms in total. The molecule has 0 aliphatic heterocycles. The van der Waals surface area contributed by atoms with E-state index in [1.54, 1.807) is 25.1 Å². The van der Waals surface area contributed by atoms with Gasteiger partial charge in [0.25, 0.3) is 0 Å². The Morgan fingerprint density at radius 1 is 1.39 bits per heavy atom. The van der Waals surface area contributed by atoms with Crippen LogP contribution in [0.5, 0.6) is 0 Å². The Kier molecular flexibility index (Phi) is 5.48. The predicted octanol–water partition coefficient (Wildman–Crippen LogP) is 4.56. The van der Waals surface area contributed by atoms with Gasteiger partial charge >= 0.3 is 6.18 Å². The number of alkyl halides is 3. The number of amides is 1. The van der Waals surface area contributed by atoms with Crippen molar-refractivity contribution in [2.75, 3.05) is 17.2 Å². The fraction of sp³-hybridized carbons (Fsp3) is 0.286. The van der Waals surface area contributed by atoms with Crippen molar-refractivity contribution in [2.45, 2.75) is 19.5 Å². The monoisotopic (exact) mass is 363 g/mol. The van der Waals surface area contributed by atoms with E-state index in [1.807, 2.05) is 0 Å². The summed E-state index contributed by atoms with van der Waals surface area (Å²) in [6, 6.07) is 5.16. The molecule has 1 amide bonds. The fourth-order valence-electron chi connectivity index (χ4n) is 1.73. The van der Waals surface area contributed by atoms with Crippen LogP contribution in [-0.4, -0.2) is 17.4 Å². The molecule has 9 heteroatoms. The number of carbonyl (C=O) groups is 1. The second kappa shape index (κ2) is 7.18. The standard InChI is InChI=1S/C14H13ClF3N3OS/c1-8-9(15)3-2-4-10(8)21-12(22)5-6-19-13-20-7-11(23-13)14(16,17)18/h2-4,7H,5-6H2,1H3,(H,19,20)(H,21,22). The lowest BCUT2D eigenvalue weighted by molar-refractivity contribution is -0.134. The summed E-state index contributed by atoms with van der Waals surface area (Å²) in [6.07, 6.45) is -3.55. The minimum Gasteiger partial charge on any atom is -0.361 e. The predicted molar refractivity (Wildman–Crippen MR) is 85.0 cm³/mol. The number of hydrogen-bond donors (Lipinski definition) is 2. The first-order chi connectivity index (χ1) is 10.8. The van der Waals surface area contributed by atoms with Crippen molar-refractivity contribution in [2.24, 2.45) is 0 Å². The SMILES string of the molecule is Cc1c(Cl)cccc1NC(=O)CCNc1ncc(C(F)(F)F)s1. The van der Waals surface area contributed by atoms with E-state index >= 15 is 0 Å². The van der Waals surface area contributed by atoms with Crippen molar-refractivity contribution < 1.29 is 18.0 Å². The van der Waals surface area contributed by atoms with Crippen molar-refractivity contribution in [3.05, 3.63) is 39.9 Å². The smallest absolute Gasteiger partial charge is 0.361 e. The first kappa shape index (κ1) is 17.6. The van der Waals surface area contributed by atoms with Crippen molar-refractivity contribution in [1.29, 1.82) is 0 Å². The Bertz CT molecular complexity index is 703. The number of anilines is 2. The molecule has 0 bridgehead atoms. The quantitative estimate of drug-likeness (QED) is 0.818. The topological polar surface area (TPSA) is 54.0 Å². The van der Waals surface area contributed by atoms with Crippen LogP contribution in [0.25, 0.3) is 0 Å². The molecule has 0 atom stereocenters. The molecule has 0 fully saturated rings. The van der Waals surface area contributed by atoms with Gasteiger partial charge in [-0.1, -0.05) is 29.0 Å². The van der Waals surface area contributed by atoms with Crippen LogP contribution in [0.15, 0.2) is 24.4 Å². The molecule has 0 spiro atoms. The van der Waals surface area contributed by atoms with E-state index in [9.17, 15) is 18.0 Å². The minimum atomic E-state index is -4.40. The Hall–Kier alpha value is -1.80. The van der Waals surface area contributed by atoms with Gasteiger partial charge in [0.05, 0.1) is 6.20 Å². The van der Waals surface area contributed by atoms with E-state index in [4.69, 9.17) is 11.6 Å². The average Bonchev–Trinajstić information content (AvgIpc) is 2.93. The molecular formula is C14H13ClF3N3OS. The van der Waals surface area contributed by atoms with E-state index in [0.717, 1.165) is 11.8 Å². The number of halogens is 4. The number of hydrogen-bond acceptors (Lipinski definition) is 4. The molecule has 0 aliphatic carbocycles. The van der Waals surface area contributed by atoms with Gasteiger partial charge in [0, 0.05) is 23.7 Å². The van der Waals surface area contributed by atoms with Gasteiger partial charge < -0.3 is 10.6 Å². The number of carbonyl (C=O) groups excluding carboxylic acids is 1. The molecule has 0 saturated heterocycles. The van der Waals surface area contributed by atoms with Gasteiger partial charge in [-0.25, -0.2) is 4.98 Å².